The van der Waals surface area contributed by atoms with Crippen LogP contribution in [0.15, 0.2) is 39.8 Å². The zero-order valence-electron chi connectivity index (χ0n) is 17.4. The molecule has 0 saturated heterocycles. The van der Waals surface area contributed by atoms with Crippen LogP contribution in [0.25, 0.3) is 15.4 Å². The summed E-state index contributed by atoms with van der Waals surface area (Å²) in [6.07, 6.45) is 1.22. The molecule has 3 rings (SSSR count). The third kappa shape index (κ3) is 4.38. The fourth-order valence-corrected chi connectivity index (χ4v) is 5.75. The maximum Gasteiger partial charge on any atom is 0.316 e. The summed E-state index contributed by atoms with van der Waals surface area (Å²) >= 11 is 5.08. The summed E-state index contributed by atoms with van der Waals surface area (Å²) in [5, 5.41) is 0.866. The first-order chi connectivity index (χ1) is 14.0. The molecule has 1 unspecified atom stereocenters. The smallest absolute Gasteiger partial charge is 0.316 e. The highest BCUT2D eigenvalue weighted by molar-refractivity contribution is 9.10. The number of sulfone groups is 1. The first-order valence-electron chi connectivity index (χ1n) is 9.37. The van der Waals surface area contributed by atoms with Gasteiger partial charge in [0.2, 0.25) is 0 Å². The number of halogens is 1. The molecule has 0 radical (unpaired) electrons. The molecule has 160 valence electrons. The Balaban J connectivity index is 2.07. The van der Waals surface area contributed by atoms with Crippen LogP contribution in [0.5, 0.6) is 0 Å². The third-order valence-corrected chi connectivity index (χ3v) is 8.00. The van der Waals surface area contributed by atoms with E-state index in [-0.39, 0.29) is 5.97 Å². The van der Waals surface area contributed by atoms with Gasteiger partial charge in [0.1, 0.15) is 21.3 Å². The lowest BCUT2D eigenvalue weighted by Crippen LogP contribution is -2.17. The van der Waals surface area contributed by atoms with Gasteiger partial charge in [-0.15, -0.1) is 11.3 Å². The van der Waals surface area contributed by atoms with Crippen molar-refractivity contribution in [2.24, 2.45) is 0 Å². The molecule has 0 N–H and O–H groups in total. The predicted octanol–water partition coefficient (Wildman–Crippen LogP) is 5.05. The van der Waals surface area contributed by atoms with E-state index in [9.17, 15) is 13.2 Å². The number of hydrogen-bond acceptors (Lipinski definition) is 6. The van der Waals surface area contributed by atoms with Crippen LogP contribution in [0.3, 0.4) is 0 Å². The van der Waals surface area contributed by atoms with E-state index in [2.05, 4.69) is 20.9 Å². The molecule has 1 atom stereocenters. The van der Waals surface area contributed by atoms with Crippen molar-refractivity contribution >= 4 is 43.1 Å². The molecular weight excluding hydrogens is 488 g/mol. The highest BCUT2D eigenvalue weighted by Gasteiger charge is 2.26. The standard InChI is InChI=1S/C21H23BrN2O4S2/c1-6-28-21(25)13(3)20-23-14(4)19(22)24(20)18-10-9-16(29-18)15-8-7-12(2)17(11-15)30(5,26)27/h7-11,13H,6H2,1-5H3. The Kier molecular flexibility index (Phi) is 6.54. The van der Waals surface area contributed by atoms with Crippen molar-refractivity contribution in [3.05, 3.63) is 52.0 Å². The second-order valence-electron chi connectivity index (χ2n) is 7.05. The maximum atomic E-state index is 12.3. The molecule has 1 aromatic carbocycles. The number of carbonyl (C=O) groups excluding carboxylic acids is 1. The van der Waals surface area contributed by atoms with Gasteiger partial charge in [-0.3, -0.25) is 9.36 Å². The number of benzene rings is 1. The van der Waals surface area contributed by atoms with E-state index >= 15 is 0 Å². The zero-order valence-corrected chi connectivity index (χ0v) is 20.6. The Morgan fingerprint density at radius 2 is 1.97 bits per heavy atom. The zero-order chi connectivity index (χ0) is 22.2. The van der Waals surface area contributed by atoms with Crippen LogP contribution in [-0.2, 0) is 19.4 Å². The van der Waals surface area contributed by atoms with E-state index < -0.39 is 15.8 Å². The van der Waals surface area contributed by atoms with Crippen molar-refractivity contribution in [3.63, 3.8) is 0 Å². The Morgan fingerprint density at radius 1 is 1.27 bits per heavy atom. The first kappa shape index (κ1) is 22.7. The quantitative estimate of drug-likeness (QED) is 0.433. The lowest BCUT2D eigenvalue weighted by molar-refractivity contribution is -0.144. The van der Waals surface area contributed by atoms with Gasteiger partial charge >= 0.3 is 5.97 Å². The molecule has 2 aromatic heterocycles. The SMILES string of the molecule is CCOC(=O)C(C)c1nc(C)c(Br)n1-c1ccc(-c2ccc(C)c(S(C)(=O)=O)c2)s1. The number of esters is 1. The van der Waals surface area contributed by atoms with E-state index in [1.165, 1.54) is 17.6 Å². The van der Waals surface area contributed by atoms with E-state index in [0.717, 1.165) is 31.3 Å². The Bertz CT molecular complexity index is 1210. The van der Waals surface area contributed by atoms with Crippen LogP contribution >= 0.6 is 27.3 Å². The van der Waals surface area contributed by atoms with Crippen molar-refractivity contribution in [3.8, 4) is 15.4 Å². The number of aryl methyl sites for hydroxylation is 2. The molecule has 6 nitrogen and oxygen atoms in total. The minimum absolute atomic E-state index is 0.309. The number of thiophene rings is 1. The number of ether oxygens (including phenoxy) is 1. The summed E-state index contributed by atoms with van der Waals surface area (Å²) in [6, 6.07) is 9.31. The van der Waals surface area contributed by atoms with Crippen molar-refractivity contribution in [1.29, 1.82) is 0 Å². The van der Waals surface area contributed by atoms with Gasteiger partial charge in [0.25, 0.3) is 0 Å². The molecule has 0 aliphatic heterocycles. The summed E-state index contributed by atoms with van der Waals surface area (Å²) in [7, 11) is -3.32. The van der Waals surface area contributed by atoms with Gasteiger partial charge in [0.05, 0.1) is 17.2 Å². The molecule has 2 heterocycles. The molecule has 0 aliphatic rings. The van der Waals surface area contributed by atoms with Crippen LogP contribution in [0.4, 0.5) is 0 Å². The number of aromatic nitrogens is 2. The topological polar surface area (TPSA) is 78.3 Å². The lowest BCUT2D eigenvalue weighted by Gasteiger charge is -2.12. The van der Waals surface area contributed by atoms with Crippen LogP contribution in [0, 0.1) is 13.8 Å². The Hall–Kier alpha value is -1.97. The molecule has 3 aromatic rings. The third-order valence-electron chi connectivity index (χ3n) is 4.72. The fourth-order valence-electron chi connectivity index (χ4n) is 3.16. The molecule has 0 fully saturated rings. The maximum absolute atomic E-state index is 12.3. The summed E-state index contributed by atoms with van der Waals surface area (Å²) in [5.41, 5.74) is 2.31. The van der Waals surface area contributed by atoms with Crippen molar-refractivity contribution in [2.45, 2.75) is 38.5 Å². The first-order valence-corrected chi connectivity index (χ1v) is 12.9. The highest BCUT2D eigenvalue weighted by atomic mass is 79.9. The highest BCUT2D eigenvalue weighted by Crippen LogP contribution is 2.36. The largest absolute Gasteiger partial charge is 0.465 e. The molecule has 9 heteroatoms. The van der Waals surface area contributed by atoms with E-state index in [4.69, 9.17) is 4.74 Å². The summed E-state index contributed by atoms with van der Waals surface area (Å²) in [6.45, 7) is 7.51. The van der Waals surface area contributed by atoms with Gasteiger partial charge in [-0.2, -0.15) is 0 Å². The van der Waals surface area contributed by atoms with Gasteiger partial charge < -0.3 is 4.74 Å². The van der Waals surface area contributed by atoms with Gasteiger partial charge in [-0.1, -0.05) is 12.1 Å². The molecule has 0 bridgehead atoms. The fraction of sp³-hybridized carbons (Fsp3) is 0.333. The van der Waals surface area contributed by atoms with Crippen LogP contribution in [-0.4, -0.2) is 36.8 Å². The number of carbonyl (C=O) groups is 1. The van der Waals surface area contributed by atoms with E-state index in [0.29, 0.717) is 17.3 Å². The van der Waals surface area contributed by atoms with Crippen LogP contribution < -0.4 is 0 Å². The Labute approximate surface area is 189 Å². The lowest BCUT2D eigenvalue weighted by atomic mass is 10.1. The van der Waals surface area contributed by atoms with Gasteiger partial charge in [0, 0.05) is 11.1 Å². The van der Waals surface area contributed by atoms with E-state index in [1.54, 1.807) is 26.8 Å². The van der Waals surface area contributed by atoms with Crippen molar-refractivity contribution < 1.29 is 17.9 Å². The molecule has 0 saturated carbocycles. The molecule has 0 spiro atoms. The average molecular weight is 511 g/mol. The number of nitrogens with zero attached hydrogens (tertiary/aromatic N) is 2. The normalized spacial score (nSPS) is 12.7. The number of rotatable bonds is 6. The molecule has 0 aliphatic carbocycles. The minimum atomic E-state index is -3.32. The molecular formula is C21H23BrN2O4S2. The second kappa shape index (κ2) is 8.64. The van der Waals surface area contributed by atoms with Crippen LogP contribution in [0.1, 0.15) is 36.8 Å². The summed E-state index contributed by atoms with van der Waals surface area (Å²) < 4.78 is 32.0. The predicted molar refractivity (Wildman–Crippen MR) is 122 cm³/mol. The Morgan fingerprint density at radius 3 is 2.60 bits per heavy atom. The number of imidazole rings is 1. The monoisotopic (exact) mass is 510 g/mol. The van der Waals surface area contributed by atoms with Crippen LogP contribution in [0.2, 0.25) is 0 Å². The van der Waals surface area contributed by atoms with Crippen molar-refractivity contribution in [2.75, 3.05) is 12.9 Å². The van der Waals surface area contributed by atoms with Gasteiger partial charge in [-0.05, 0) is 73.0 Å². The molecule has 0 amide bonds. The second-order valence-corrected chi connectivity index (χ2v) is 10.8. The average Bonchev–Trinajstić information content (AvgIpc) is 3.26. The minimum Gasteiger partial charge on any atom is -0.465 e. The summed E-state index contributed by atoms with van der Waals surface area (Å²) in [4.78, 5) is 18.1. The summed E-state index contributed by atoms with van der Waals surface area (Å²) in [5.74, 6) is -0.270. The van der Waals surface area contributed by atoms with Gasteiger partial charge in [0.15, 0.2) is 9.84 Å². The number of hydrogen-bond donors (Lipinski definition) is 0. The van der Waals surface area contributed by atoms with Gasteiger partial charge in [-0.25, -0.2) is 13.4 Å². The van der Waals surface area contributed by atoms with E-state index in [1.807, 2.05) is 35.8 Å². The molecule has 30 heavy (non-hydrogen) atoms. The van der Waals surface area contributed by atoms with Crippen molar-refractivity contribution in [1.82, 2.24) is 9.55 Å².